The zero-order valence-corrected chi connectivity index (χ0v) is 17.0. The number of rotatable bonds is 15. The van der Waals surface area contributed by atoms with Crippen molar-refractivity contribution in [2.75, 3.05) is 6.54 Å². The van der Waals surface area contributed by atoms with Gasteiger partial charge in [0.1, 0.15) is 18.1 Å². The van der Waals surface area contributed by atoms with Gasteiger partial charge in [-0.2, -0.15) is 0 Å². The Morgan fingerprint density at radius 2 is 1.19 bits per heavy atom. The minimum absolute atomic E-state index is 0.125. The van der Waals surface area contributed by atoms with Crippen LogP contribution < -0.4 is 27.4 Å². The highest BCUT2D eigenvalue weighted by Crippen LogP contribution is 2.04. The summed E-state index contributed by atoms with van der Waals surface area (Å²) in [5.41, 5.74) is 10.9. The van der Waals surface area contributed by atoms with Crippen LogP contribution in [0.15, 0.2) is 0 Å². The molecule has 0 fully saturated rings. The predicted molar refractivity (Wildman–Crippen MR) is 104 cm³/mol. The van der Waals surface area contributed by atoms with Crippen LogP contribution in [0.5, 0.6) is 0 Å². The lowest BCUT2D eigenvalue weighted by molar-refractivity contribution is -0.148. The molecule has 0 aromatic carbocycles. The van der Waals surface area contributed by atoms with Crippen LogP contribution in [-0.2, 0) is 28.8 Å². The van der Waals surface area contributed by atoms with E-state index in [2.05, 4.69) is 10.6 Å². The molecule has 14 heteroatoms. The number of unbranched alkanes of at least 4 members (excludes halogenated alkanes) is 1. The van der Waals surface area contributed by atoms with Crippen molar-refractivity contribution in [3.05, 3.63) is 0 Å². The minimum atomic E-state index is -1.84. The van der Waals surface area contributed by atoms with Crippen LogP contribution in [0.4, 0.5) is 0 Å². The second-order valence-electron chi connectivity index (χ2n) is 6.79. The lowest BCUT2D eigenvalue weighted by atomic mass is 10.1. The molecule has 176 valence electrons. The van der Waals surface area contributed by atoms with E-state index < -0.39 is 72.6 Å². The average Bonchev–Trinajstić information content (AvgIpc) is 2.64. The number of hydrogen-bond acceptors (Lipinski definition) is 8. The molecule has 0 heterocycles. The van der Waals surface area contributed by atoms with Gasteiger partial charge in [-0.05, 0) is 32.7 Å². The lowest BCUT2D eigenvalue weighted by Gasteiger charge is -2.24. The fourth-order valence-corrected chi connectivity index (χ4v) is 2.37. The second kappa shape index (κ2) is 13.9. The van der Waals surface area contributed by atoms with E-state index >= 15 is 0 Å². The number of amides is 3. The first-order chi connectivity index (χ1) is 14.4. The molecular weight excluding hydrogens is 418 g/mol. The molecule has 0 saturated carbocycles. The molecule has 4 atom stereocenters. The van der Waals surface area contributed by atoms with Gasteiger partial charge in [-0.1, -0.05) is 0 Å². The number of aliphatic carboxylic acids is 3. The molecule has 10 N–H and O–H groups in total. The molecule has 0 aromatic heterocycles. The molecule has 0 aliphatic heterocycles. The first-order valence-corrected chi connectivity index (χ1v) is 9.42. The monoisotopic (exact) mass is 447 g/mol. The topological polar surface area (TPSA) is 251 Å². The Bertz CT molecular complexity index is 683. The van der Waals surface area contributed by atoms with Crippen LogP contribution in [0.2, 0.25) is 0 Å². The van der Waals surface area contributed by atoms with E-state index in [1.165, 1.54) is 6.92 Å². The Balaban J connectivity index is 5.44. The van der Waals surface area contributed by atoms with E-state index in [-0.39, 0.29) is 6.42 Å². The molecule has 0 saturated heterocycles. The molecular formula is C17H29N5O9. The fourth-order valence-electron chi connectivity index (χ4n) is 2.37. The van der Waals surface area contributed by atoms with Crippen LogP contribution in [0.1, 0.15) is 39.0 Å². The van der Waals surface area contributed by atoms with Crippen molar-refractivity contribution in [3.63, 3.8) is 0 Å². The summed E-state index contributed by atoms with van der Waals surface area (Å²) in [5, 5.41) is 33.2. The van der Waals surface area contributed by atoms with Crippen molar-refractivity contribution in [1.29, 1.82) is 0 Å². The molecule has 0 spiro atoms. The fraction of sp³-hybridized carbons (Fsp3) is 0.647. The molecule has 4 unspecified atom stereocenters. The maximum atomic E-state index is 12.6. The van der Waals surface area contributed by atoms with E-state index in [4.69, 9.17) is 26.8 Å². The Kier molecular flexibility index (Phi) is 12.4. The highest BCUT2D eigenvalue weighted by molar-refractivity contribution is 5.96. The van der Waals surface area contributed by atoms with E-state index in [0.29, 0.717) is 19.4 Å². The van der Waals surface area contributed by atoms with Gasteiger partial charge in [-0.15, -0.1) is 0 Å². The van der Waals surface area contributed by atoms with E-state index in [9.17, 15) is 28.8 Å². The van der Waals surface area contributed by atoms with Crippen molar-refractivity contribution >= 4 is 35.6 Å². The summed E-state index contributed by atoms with van der Waals surface area (Å²) in [6, 6.07) is -5.64. The molecule has 31 heavy (non-hydrogen) atoms. The number of nitrogens with one attached hydrogen (secondary N) is 3. The summed E-state index contributed by atoms with van der Waals surface area (Å²) in [6.45, 7) is 1.72. The predicted octanol–water partition coefficient (Wildman–Crippen LogP) is -3.05. The zero-order valence-electron chi connectivity index (χ0n) is 17.0. The maximum Gasteiger partial charge on any atom is 0.326 e. The molecule has 0 aliphatic carbocycles. The standard InChI is InChI=1S/C17H29N5O9/c1-8(19)14(27)20-9(4-2-3-5-18)15(28)21-10(6-12(23)24)16(29)22-11(17(30)31)7-13(25)26/h8-11H,2-7,18-19H2,1H3,(H,20,27)(H,21,28)(H,22,29)(H,23,24)(H,25,26)(H,30,31). The summed E-state index contributed by atoms with van der Waals surface area (Å²) in [4.78, 5) is 69.8. The Labute approximate surface area is 177 Å². The second-order valence-corrected chi connectivity index (χ2v) is 6.79. The molecule has 0 radical (unpaired) electrons. The van der Waals surface area contributed by atoms with Gasteiger partial charge in [0, 0.05) is 0 Å². The van der Waals surface area contributed by atoms with Crippen LogP contribution >= 0.6 is 0 Å². The van der Waals surface area contributed by atoms with Crippen molar-refractivity contribution in [2.24, 2.45) is 11.5 Å². The molecule has 3 amide bonds. The number of hydrogen-bond donors (Lipinski definition) is 8. The summed E-state index contributed by atoms with van der Waals surface area (Å²) < 4.78 is 0. The highest BCUT2D eigenvalue weighted by Gasteiger charge is 2.31. The number of carboxylic acid groups (broad SMARTS) is 3. The molecule has 14 nitrogen and oxygen atoms in total. The summed E-state index contributed by atoms with van der Waals surface area (Å²) in [6.07, 6.45) is -0.774. The SMILES string of the molecule is CC(N)C(=O)NC(CCCCN)C(=O)NC(CC(=O)O)C(=O)NC(CC(=O)O)C(=O)O. The smallest absolute Gasteiger partial charge is 0.326 e. The quantitative estimate of drug-likeness (QED) is 0.117. The third kappa shape index (κ3) is 11.5. The zero-order chi connectivity index (χ0) is 24.1. The lowest BCUT2D eigenvalue weighted by Crippen LogP contribution is -2.57. The van der Waals surface area contributed by atoms with E-state index in [0.717, 1.165) is 0 Å². The van der Waals surface area contributed by atoms with Gasteiger partial charge in [-0.25, -0.2) is 4.79 Å². The van der Waals surface area contributed by atoms with Gasteiger partial charge >= 0.3 is 17.9 Å². The van der Waals surface area contributed by atoms with Crippen molar-refractivity contribution in [3.8, 4) is 0 Å². The van der Waals surface area contributed by atoms with Gasteiger partial charge in [-0.3, -0.25) is 24.0 Å². The Morgan fingerprint density at radius 1 is 0.742 bits per heavy atom. The van der Waals surface area contributed by atoms with Gasteiger partial charge in [0.15, 0.2) is 0 Å². The Morgan fingerprint density at radius 3 is 1.65 bits per heavy atom. The highest BCUT2D eigenvalue weighted by atomic mass is 16.4. The third-order valence-electron chi connectivity index (χ3n) is 4.00. The number of nitrogens with two attached hydrogens (primary N) is 2. The van der Waals surface area contributed by atoms with E-state index in [1.54, 1.807) is 0 Å². The first-order valence-electron chi connectivity index (χ1n) is 9.42. The van der Waals surface area contributed by atoms with Gasteiger partial charge in [0.05, 0.1) is 18.9 Å². The van der Waals surface area contributed by atoms with Gasteiger partial charge in [0.25, 0.3) is 0 Å². The number of carbonyl (C=O) groups is 6. The molecule has 0 bridgehead atoms. The summed E-state index contributed by atoms with van der Waals surface area (Å²) in [5.74, 6) is -7.39. The molecule has 0 aliphatic rings. The summed E-state index contributed by atoms with van der Waals surface area (Å²) >= 11 is 0. The molecule has 0 aromatic rings. The van der Waals surface area contributed by atoms with Crippen molar-refractivity contribution < 1.29 is 44.1 Å². The van der Waals surface area contributed by atoms with Crippen molar-refractivity contribution in [1.82, 2.24) is 16.0 Å². The summed E-state index contributed by atoms with van der Waals surface area (Å²) in [7, 11) is 0. The number of carbonyl (C=O) groups excluding carboxylic acids is 3. The largest absolute Gasteiger partial charge is 0.481 e. The molecule has 0 rings (SSSR count). The first kappa shape index (κ1) is 27.7. The van der Waals surface area contributed by atoms with Crippen LogP contribution in [0.3, 0.4) is 0 Å². The normalized spacial score (nSPS) is 14.4. The van der Waals surface area contributed by atoms with Crippen LogP contribution in [0.25, 0.3) is 0 Å². The minimum Gasteiger partial charge on any atom is -0.481 e. The van der Waals surface area contributed by atoms with Crippen LogP contribution in [-0.4, -0.2) is 81.7 Å². The van der Waals surface area contributed by atoms with Crippen LogP contribution in [0, 0.1) is 0 Å². The van der Waals surface area contributed by atoms with Gasteiger partial charge < -0.3 is 42.7 Å². The average molecular weight is 447 g/mol. The number of carboxylic acids is 3. The Hall–Kier alpha value is -3.26. The van der Waals surface area contributed by atoms with Gasteiger partial charge in [0.2, 0.25) is 17.7 Å². The maximum absolute atomic E-state index is 12.6. The third-order valence-corrected chi connectivity index (χ3v) is 4.00. The van der Waals surface area contributed by atoms with Crippen molar-refractivity contribution in [2.45, 2.75) is 63.2 Å². The van der Waals surface area contributed by atoms with E-state index in [1.807, 2.05) is 5.32 Å².